The minimum absolute atomic E-state index is 0.150. The van der Waals surface area contributed by atoms with Crippen LogP contribution in [-0.2, 0) is 4.79 Å². The van der Waals surface area contributed by atoms with Gasteiger partial charge in [-0.3, -0.25) is 9.36 Å². The summed E-state index contributed by atoms with van der Waals surface area (Å²) in [7, 11) is 1.67. The molecule has 0 radical (unpaired) electrons. The molecule has 2 aliphatic rings. The highest BCUT2D eigenvalue weighted by Gasteiger charge is 2.27. The molecule has 1 saturated carbocycles. The molecule has 180 valence electrons. The second-order valence-corrected chi connectivity index (χ2v) is 9.74. The largest absolute Gasteiger partial charge is 0.497 e. The highest BCUT2D eigenvalue weighted by atomic mass is 32.2. The van der Waals surface area contributed by atoms with E-state index in [2.05, 4.69) is 31.8 Å². The SMILES string of the molecule is COc1ccc(N2CCN(C(=O)CSc3nnc(-c4ccco4)n3C3CCCCC3)CC2)cc1. The maximum Gasteiger partial charge on any atom is 0.233 e. The van der Waals surface area contributed by atoms with Crippen molar-refractivity contribution in [2.75, 3.05) is 43.9 Å². The van der Waals surface area contributed by atoms with E-state index >= 15 is 0 Å². The van der Waals surface area contributed by atoms with Crippen molar-refractivity contribution in [1.29, 1.82) is 0 Å². The summed E-state index contributed by atoms with van der Waals surface area (Å²) in [5.74, 6) is 2.86. The lowest BCUT2D eigenvalue weighted by Gasteiger charge is -2.36. The minimum atomic E-state index is 0.150. The van der Waals surface area contributed by atoms with Crippen LogP contribution in [0.4, 0.5) is 5.69 Å². The molecule has 0 spiro atoms. The number of carbonyl (C=O) groups excluding carboxylic acids is 1. The lowest BCUT2D eigenvalue weighted by atomic mass is 9.95. The first-order valence-corrected chi connectivity index (χ1v) is 13.0. The predicted molar refractivity (Wildman–Crippen MR) is 132 cm³/mol. The fourth-order valence-corrected chi connectivity index (χ4v) is 5.75. The number of benzene rings is 1. The first-order valence-electron chi connectivity index (χ1n) is 12.0. The van der Waals surface area contributed by atoms with Gasteiger partial charge in [0, 0.05) is 37.9 Å². The Morgan fingerprint density at radius 3 is 2.50 bits per heavy atom. The third-order valence-electron chi connectivity index (χ3n) is 6.74. The van der Waals surface area contributed by atoms with Gasteiger partial charge in [0.05, 0.1) is 19.1 Å². The fourth-order valence-electron chi connectivity index (χ4n) is 4.84. The maximum absolute atomic E-state index is 13.0. The molecule has 0 unspecified atom stereocenters. The van der Waals surface area contributed by atoms with E-state index in [1.54, 1.807) is 13.4 Å². The summed E-state index contributed by atoms with van der Waals surface area (Å²) >= 11 is 1.49. The number of aromatic nitrogens is 3. The van der Waals surface area contributed by atoms with Crippen LogP contribution in [0.25, 0.3) is 11.6 Å². The van der Waals surface area contributed by atoms with Crippen molar-refractivity contribution in [3.63, 3.8) is 0 Å². The number of rotatable bonds is 7. The van der Waals surface area contributed by atoms with Gasteiger partial charge in [0.15, 0.2) is 10.9 Å². The Kier molecular flexibility index (Phi) is 7.08. The van der Waals surface area contributed by atoms with Gasteiger partial charge in [0.2, 0.25) is 11.7 Å². The number of hydrogen-bond acceptors (Lipinski definition) is 7. The number of methoxy groups -OCH3 is 1. The number of hydrogen-bond donors (Lipinski definition) is 0. The second-order valence-electron chi connectivity index (χ2n) is 8.80. The smallest absolute Gasteiger partial charge is 0.233 e. The first-order chi connectivity index (χ1) is 16.7. The van der Waals surface area contributed by atoms with E-state index in [1.807, 2.05) is 29.2 Å². The molecule has 1 aliphatic heterocycles. The van der Waals surface area contributed by atoms with Gasteiger partial charge in [-0.05, 0) is 49.2 Å². The van der Waals surface area contributed by atoms with Crippen LogP contribution >= 0.6 is 11.8 Å². The Morgan fingerprint density at radius 2 is 1.82 bits per heavy atom. The normalized spacial score (nSPS) is 17.2. The zero-order valence-corrected chi connectivity index (χ0v) is 20.4. The molecule has 0 bridgehead atoms. The van der Waals surface area contributed by atoms with Crippen molar-refractivity contribution in [3.8, 4) is 17.3 Å². The van der Waals surface area contributed by atoms with Crippen LogP contribution < -0.4 is 9.64 Å². The zero-order valence-electron chi connectivity index (χ0n) is 19.6. The molecule has 0 N–H and O–H groups in total. The van der Waals surface area contributed by atoms with Crippen molar-refractivity contribution in [3.05, 3.63) is 42.7 Å². The van der Waals surface area contributed by atoms with Gasteiger partial charge >= 0.3 is 0 Å². The zero-order chi connectivity index (χ0) is 23.3. The van der Waals surface area contributed by atoms with E-state index < -0.39 is 0 Å². The number of furan rings is 1. The van der Waals surface area contributed by atoms with E-state index in [9.17, 15) is 4.79 Å². The fraction of sp³-hybridized carbons (Fsp3) is 0.480. The van der Waals surface area contributed by atoms with E-state index in [-0.39, 0.29) is 5.91 Å². The maximum atomic E-state index is 13.0. The van der Waals surface area contributed by atoms with Crippen molar-refractivity contribution in [1.82, 2.24) is 19.7 Å². The number of carbonyl (C=O) groups is 1. The molecule has 1 aliphatic carbocycles. The molecule has 1 aromatic carbocycles. The lowest BCUT2D eigenvalue weighted by Crippen LogP contribution is -2.49. The van der Waals surface area contributed by atoms with Crippen molar-refractivity contribution >= 4 is 23.4 Å². The molecule has 2 fully saturated rings. The standard InChI is InChI=1S/C25H31N5O3S/c1-32-21-11-9-19(10-12-21)28-13-15-29(16-14-28)23(31)18-34-25-27-26-24(22-8-5-17-33-22)30(25)20-6-3-2-4-7-20/h5,8-12,17,20H,2-4,6-7,13-16,18H2,1H3. The molecule has 1 saturated heterocycles. The van der Waals surface area contributed by atoms with Gasteiger partial charge < -0.3 is 19.0 Å². The van der Waals surface area contributed by atoms with Crippen LogP contribution in [0.5, 0.6) is 5.75 Å². The molecular weight excluding hydrogens is 450 g/mol. The molecule has 8 nitrogen and oxygen atoms in total. The predicted octanol–water partition coefficient (Wildman–Crippen LogP) is 4.49. The van der Waals surface area contributed by atoms with E-state index in [0.717, 1.165) is 67.2 Å². The molecule has 2 aromatic heterocycles. The summed E-state index contributed by atoms with van der Waals surface area (Å²) in [5.41, 5.74) is 1.16. The average molecular weight is 482 g/mol. The third-order valence-corrected chi connectivity index (χ3v) is 7.67. The van der Waals surface area contributed by atoms with E-state index in [0.29, 0.717) is 11.8 Å². The van der Waals surface area contributed by atoms with Crippen LogP contribution in [0.2, 0.25) is 0 Å². The molecular formula is C25H31N5O3S. The Morgan fingerprint density at radius 1 is 1.06 bits per heavy atom. The van der Waals surface area contributed by atoms with Crippen molar-refractivity contribution in [2.45, 2.75) is 43.3 Å². The Balaban J connectivity index is 1.21. The van der Waals surface area contributed by atoms with Crippen LogP contribution in [0, 0.1) is 0 Å². The van der Waals surface area contributed by atoms with E-state index in [4.69, 9.17) is 9.15 Å². The Hall–Kier alpha value is -2.94. The molecule has 5 rings (SSSR count). The number of nitrogens with zero attached hydrogens (tertiary/aromatic N) is 5. The average Bonchev–Trinajstić information content (AvgIpc) is 3.58. The summed E-state index contributed by atoms with van der Waals surface area (Å²) in [5, 5.41) is 9.70. The van der Waals surface area contributed by atoms with Crippen LogP contribution in [-0.4, -0.2) is 64.6 Å². The summed E-state index contributed by atoms with van der Waals surface area (Å²) in [4.78, 5) is 17.3. The number of thioether (sulfide) groups is 1. The molecule has 3 heterocycles. The highest BCUT2D eigenvalue weighted by Crippen LogP contribution is 2.35. The number of ether oxygens (including phenoxy) is 1. The number of amides is 1. The summed E-state index contributed by atoms with van der Waals surface area (Å²) in [6.45, 7) is 3.09. The summed E-state index contributed by atoms with van der Waals surface area (Å²) in [6.07, 6.45) is 7.58. The van der Waals surface area contributed by atoms with Gasteiger partial charge in [-0.15, -0.1) is 10.2 Å². The molecule has 34 heavy (non-hydrogen) atoms. The molecule has 9 heteroatoms. The monoisotopic (exact) mass is 481 g/mol. The first kappa shape index (κ1) is 22.8. The highest BCUT2D eigenvalue weighted by molar-refractivity contribution is 7.99. The molecule has 3 aromatic rings. The Bertz CT molecular complexity index is 1070. The second kappa shape index (κ2) is 10.5. The van der Waals surface area contributed by atoms with Crippen LogP contribution in [0.3, 0.4) is 0 Å². The van der Waals surface area contributed by atoms with Gasteiger partial charge in [0.1, 0.15) is 5.75 Å². The van der Waals surface area contributed by atoms with Gasteiger partial charge in [-0.1, -0.05) is 31.0 Å². The van der Waals surface area contributed by atoms with Crippen molar-refractivity contribution in [2.24, 2.45) is 0 Å². The topological polar surface area (TPSA) is 76.6 Å². The Labute approximate surface area is 204 Å². The van der Waals surface area contributed by atoms with Gasteiger partial charge in [0.25, 0.3) is 0 Å². The number of anilines is 1. The van der Waals surface area contributed by atoms with Gasteiger partial charge in [-0.25, -0.2) is 0 Å². The third kappa shape index (κ3) is 4.94. The van der Waals surface area contributed by atoms with Crippen LogP contribution in [0.15, 0.2) is 52.2 Å². The summed E-state index contributed by atoms with van der Waals surface area (Å²) in [6, 6.07) is 12.2. The molecule has 0 atom stereocenters. The molecule has 1 amide bonds. The minimum Gasteiger partial charge on any atom is -0.497 e. The quantitative estimate of drug-likeness (QED) is 0.460. The van der Waals surface area contributed by atoms with Crippen LogP contribution in [0.1, 0.15) is 38.1 Å². The summed E-state index contributed by atoms with van der Waals surface area (Å²) < 4.78 is 13.1. The number of piperazine rings is 1. The van der Waals surface area contributed by atoms with Crippen molar-refractivity contribution < 1.29 is 13.9 Å². The van der Waals surface area contributed by atoms with Gasteiger partial charge in [-0.2, -0.15) is 0 Å². The lowest BCUT2D eigenvalue weighted by molar-refractivity contribution is -0.128. The van der Waals surface area contributed by atoms with E-state index in [1.165, 1.54) is 31.0 Å².